The van der Waals surface area contributed by atoms with Crippen molar-refractivity contribution in [2.45, 2.75) is 18.6 Å². The Balaban J connectivity index is 1.71. The van der Waals surface area contributed by atoms with Gasteiger partial charge in [-0.05, 0) is 29.8 Å². The van der Waals surface area contributed by atoms with Crippen LogP contribution in [0.4, 0.5) is 14.9 Å². The van der Waals surface area contributed by atoms with Crippen LogP contribution in [0.25, 0.3) is 0 Å². The van der Waals surface area contributed by atoms with E-state index in [1.54, 1.807) is 4.90 Å². The molecule has 5 nitrogen and oxygen atoms in total. The third-order valence-electron chi connectivity index (χ3n) is 4.78. The maximum Gasteiger partial charge on any atom is 0.325 e. The standard InChI is InChI=1S/C18H17FN2O3S/c19-14-6-8-15(9-7-14)21-17-12-25(23,24)11-16(17)20(18(21)22)10-13-4-2-1-3-5-13/h1-9,16-17H,10-12H2. The van der Waals surface area contributed by atoms with Gasteiger partial charge in [0.2, 0.25) is 0 Å². The van der Waals surface area contributed by atoms with Crippen LogP contribution in [-0.2, 0) is 16.4 Å². The Morgan fingerprint density at radius 3 is 2.28 bits per heavy atom. The lowest BCUT2D eigenvalue weighted by atomic mass is 10.1. The largest absolute Gasteiger partial charge is 0.325 e. The van der Waals surface area contributed by atoms with Gasteiger partial charge in [0.25, 0.3) is 0 Å². The van der Waals surface area contributed by atoms with Crippen LogP contribution in [-0.4, -0.2) is 42.9 Å². The highest BCUT2D eigenvalue weighted by Crippen LogP contribution is 2.35. The van der Waals surface area contributed by atoms with Crippen LogP contribution < -0.4 is 4.90 Å². The molecular weight excluding hydrogens is 343 g/mol. The van der Waals surface area contributed by atoms with Crippen LogP contribution in [0.5, 0.6) is 0 Å². The molecule has 25 heavy (non-hydrogen) atoms. The van der Waals surface area contributed by atoms with Crippen LogP contribution in [0, 0.1) is 5.82 Å². The Labute approximate surface area is 145 Å². The number of sulfone groups is 1. The summed E-state index contributed by atoms with van der Waals surface area (Å²) in [7, 11) is -3.21. The lowest BCUT2D eigenvalue weighted by Gasteiger charge is -2.22. The molecule has 2 aliphatic rings. The molecule has 2 aromatic carbocycles. The van der Waals surface area contributed by atoms with Gasteiger partial charge in [0.1, 0.15) is 5.82 Å². The highest BCUT2D eigenvalue weighted by atomic mass is 32.2. The van der Waals surface area contributed by atoms with Gasteiger partial charge >= 0.3 is 6.03 Å². The summed E-state index contributed by atoms with van der Waals surface area (Å²) in [6.45, 7) is 0.355. The van der Waals surface area contributed by atoms with E-state index >= 15 is 0 Å². The zero-order valence-electron chi connectivity index (χ0n) is 13.4. The van der Waals surface area contributed by atoms with Gasteiger partial charge in [0.15, 0.2) is 9.84 Å². The number of amides is 2. The first-order chi connectivity index (χ1) is 11.9. The molecule has 2 atom stereocenters. The average Bonchev–Trinajstić information content (AvgIpc) is 3.01. The smallest absolute Gasteiger partial charge is 0.314 e. The first-order valence-corrected chi connectivity index (χ1v) is 9.86. The van der Waals surface area contributed by atoms with Crippen LogP contribution in [0.2, 0.25) is 0 Å². The molecule has 0 radical (unpaired) electrons. The second-order valence-corrected chi connectivity index (χ2v) is 8.61. The number of hydrogen-bond acceptors (Lipinski definition) is 3. The van der Waals surface area contributed by atoms with Crippen LogP contribution in [0.1, 0.15) is 5.56 Å². The molecule has 0 spiro atoms. The van der Waals surface area contributed by atoms with Crippen molar-refractivity contribution in [3.05, 3.63) is 66.0 Å². The quantitative estimate of drug-likeness (QED) is 0.790. The predicted octanol–water partition coefficient (Wildman–Crippen LogP) is 2.43. The third-order valence-corrected chi connectivity index (χ3v) is 6.48. The number of hydrogen-bond donors (Lipinski definition) is 0. The van der Waals surface area contributed by atoms with E-state index in [1.165, 1.54) is 29.2 Å². The van der Waals surface area contributed by atoms with Gasteiger partial charge in [-0.2, -0.15) is 0 Å². The Hall–Kier alpha value is -2.41. The van der Waals surface area contributed by atoms with Crippen LogP contribution in [0.15, 0.2) is 54.6 Å². The molecule has 2 amide bonds. The molecule has 2 heterocycles. The Bertz CT molecular complexity index is 900. The lowest BCUT2D eigenvalue weighted by Crippen LogP contribution is -2.37. The van der Waals surface area contributed by atoms with Crippen LogP contribution >= 0.6 is 0 Å². The number of urea groups is 1. The van der Waals surface area contributed by atoms with Gasteiger partial charge in [-0.1, -0.05) is 30.3 Å². The molecular formula is C18H17FN2O3S. The number of halogens is 1. The number of benzene rings is 2. The lowest BCUT2D eigenvalue weighted by molar-refractivity contribution is 0.206. The summed E-state index contributed by atoms with van der Waals surface area (Å²) in [6.07, 6.45) is 0. The predicted molar refractivity (Wildman–Crippen MR) is 92.5 cm³/mol. The number of fused-ring (bicyclic) bond motifs is 1. The van der Waals surface area contributed by atoms with Crippen molar-refractivity contribution in [3.8, 4) is 0 Å². The molecule has 0 aromatic heterocycles. The van der Waals surface area contributed by atoms with Gasteiger partial charge in [-0.15, -0.1) is 0 Å². The zero-order chi connectivity index (χ0) is 17.6. The normalized spacial score (nSPS) is 24.6. The van der Waals surface area contributed by atoms with Crippen molar-refractivity contribution in [2.24, 2.45) is 0 Å². The molecule has 2 unspecified atom stereocenters. The van der Waals surface area contributed by atoms with Crippen molar-refractivity contribution < 1.29 is 17.6 Å². The third kappa shape index (κ3) is 2.89. The minimum absolute atomic E-state index is 0.0338. The molecule has 2 saturated heterocycles. The summed E-state index contributed by atoms with van der Waals surface area (Å²) in [4.78, 5) is 16.1. The molecule has 2 aromatic rings. The topological polar surface area (TPSA) is 57.7 Å². The molecule has 0 bridgehead atoms. The Morgan fingerprint density at radius 1 is 0.960 bits per heavy atom. The average molecular weight is 360 g/mol. The van der Waals surface area contributed by atoms with Crippen LogP contribution in [0.3, 0.4) is 0 Å². The van der Waals surface area contributed by atoms with Gasteiger partial charge < -0.3 is 4.90 Å². The number of nitrogens with zero attached hydrogens (tertiary/aromatic N) is 2. The summed E-state index contributed by atoms with van der Waals surface area (Å²) < 4.78 is 37.5. The summed E-state index contributed by atoms with van der Waals surface area (Å²) >= 11 is 0. The SMILES string of the molecule is O=C1N(Cc2ccccc2)C2CS(=O)(=O)CC2N1c1ccc(F)cc1. The second kappa shape index (κ2) is 5.84. The van der Waals surface area contributed by atoms with E-state index in [9.17, 15) is 17.6 Å². The molecule has 130 valence electrons. The van der Waals surface area contributed by atoms with Gasteiger partial charge in [-0.25, -0.2) is 17.6 Å². The molecule has 0 N–H and O–H groups in total. The fraction of sp³-hybridized carbons (Fsp3) is 0.278. The van der Waals surface area contributed by atoms with Crippen molar-refractivity contribution in [1.29, 1.82) is 0 Å². The van der Waals surface area contributed by atoms with Crippen molar-refractivity contribution >= 4 is 21.6 Å². The molecule has 0 saturated carbocycles. The Kier molecular flexibility index (Phi) is 3.76. The maximum absolute atomic E-state index is 13.2. The van der Waals surface area contributed by atoms with Crippen molar-refractivity contribution in [1.82, 2.24) is 4.90 Å². The minimum atomic E-state index is -3.21. The van der Waals surface area contributed by atoms with E-state index in [1.807, 2.05) is 30.3 Å². The monoisotopic (exact) mass is 360 g/mol. The summed E-state index contributed by atoms with van der Waals surface area (Å²) in [5.41, 5.74) is 1.47. The molecule has 0 aliphatic carbocycles. The fourth-order valence-corrected chi connectivity index (χ4v) is 5.60. The number of carbonyl (C=O) groups is 1. The second-order valence-electron chi connectivity index (χ2n) is 6.45. The van der Waals surface area contributed by atoms with Crippen molar-refractivity contribution in [3.63, 3.8) is 0 Å². The van der Waals surface area contributed by atoms with Gasteiger partial charge in [0.05, 0.1) is 23.6 Å². The van der Waals surface area contributed by atoms with Gasteiger partial charge in [-0.3, -0.25) is 4.90 Å². The van der Waals surface area contributed by atoms with E-state index in [0.717, 1.165) is 5.56 Å². The van der Waals surface area contributed by atoms with Gasteiger partial charge in [0, 0.05) is 12.2 Å². The number of anilines is 1. The highest BCUT2D eigenvalue weighted by Gasteiger charge is 2.53. The molecule has 7 heteroatoms. The summed E-state index contributed by atoms with van der Waals surface area (Å²) in [5.74, 6) is -0.493. The van der Waals surface area contributed by atoms with E-state index in [2.05, 4.69) is 0 Å². The molecule has 4 rings (SSSR count). The zero-order valence-corrected chi connectivity index (χ0v) is 14.2. The fourth-order valence-electron chi connectivity index (χ4n) is 3.65. The molecule has 2 fully saturated rings. The summed E-state index contributed by atoms with van der Waals surface area (Å²) in [6, 6.07) is 14.0. The summed E-state index contributed by atoms with van der Waals surface area (Å²) in [5, 5.41) is 0. The van der Waals surface area contributed by atoms with E-state index in [0.29, 0.717) is 12.2 Å². The van der Waals surface area contributed by atoms with E-state index < -0.39 is 21.7 Å². The highest BCUT2D eigenvalue weighted by molar-refractivity contribution is 7.91. The Morgan fingerprint density at radius 2 is 1.60 bits per heavy atom. The number of rotatable bonds is 3. The first kappa shape index (κ1) is 16.1. The maximum atomic E-state index is 13.2. The molecule has 2 aliphatic heterocycles. The first-order valence-electron chi connectivity index (χ1n) is 8.04. The van der Waals surface area contributed by atoms with E-state index in [-0.39, 0.29) is 23.6 Å². The number of carbonyl (C=O) groups excluding carboxylic acids is 1. The minimum Gasteiger partial charge on any atom is -0.314 e. The van der Waals surface area contributed by atoms with Crippen molar-refractivity contribution in [2.75, 3.05) is 16.4 Å². The van der Waals surface area contributed by atoms with E-state index in [4.69, 9.17) is 0 Å².